The first-order chi connectivity index (χ1) is 8.72. The minimum absolute atomic E-state index is 0.512. The minimum atomic E-state index is -0.878. The van der Waals surface area contributed by atoms with Crippen LogP contribution in [0, 0.1) is 0 Å². The molecule has 1 heterocycles. The van der Waals surface area contributed by atoms with Gasteiger partial charge in [0.25, 0.3) is 0 Å². The van der Waals surface area contributed by atoms with Crippen LogP contribution >= 0.6 is 0 Å². The van der Waals surface area contributed by atoms with Crippen LogP contribution in [0.25, 0.3) is 0 Å². The highest BCUT2D eigenvalue weighted by Crippen LogP contribution is 2.44. The molecule has 0 radical (unpaired) electrons. The van der Waals surface area contributed by atoms with Gasteiger partial charge in [0, 0.05) is 18.0 Å². The van der Waals surface area contributed by atoms with Gasteiger partial charge in [0.05, 0.1) is 0 Å². The van der Waals surface area contributed by atoms with E-state index in [1.165, 1.54) is 5.56 Å². The quantitative estimate of drug-likeness (QED) is 0.829. The highest BCUT2D eigenvalue weighted by atomic mass is 16.3. The summed E-state index contributed by atoms with van der Waals surface area (Å²) >= 11 is 0. The lowest BCUT2D eigenvalue weighted by Gasteiger charge is -2.37. The fourth-order valence-corrected chi connectivity index (χ4v) is 2.93. The molecule has 2 unspecified atom stereocenters. The Morgan fingerprint density at radius 2 is 2.06 bits per heavy atom. The highest BCUT2D eigenvalue weighted by molar-refractivity contribution is 5.43. The summed E-state index contributed by atoms with van der Waals surface area (Å²) in [5.74, 6) is 0.512. The van der Waals surface area contributed by atoms with Gasteiger partial charge in [-0.3, -0.25) is 4.98 Å². The maximum atomic E-state index is 11.1. The molecule has 1 aromatic heterocycles. The number of fused-ring (bicyclic) bond motifs is 1. The third-order valence-electron chi connectivity index (χ3n) is 4.02. The van der Waals surface area contributed by atoms with Crippen molar-refractivity contribution >= 4 is 0 Å². The van der Waals surface area contributed by atoms with E-state index in [1.54, 1.807) is 12.4 Å². The molecule has 0 saturated carbocycles. The average Bonchev–Trinajstić information content (AvgIpc) is 2.44. The molecule has 0 aliphatic heterocycles. The monoisotopic (exact) mass is 239 g/mol. The van der Waals surface area contributed by atoms with Gasteiger partial charge in [-0.15, -0.1) is 0 Å². The lowest BCUT2D eigenvalue weighted by Crippen LogP contribution is -2.33. The number of pyridine rings is 1. The van der Waals surface area contributed by atoms with Crippen LogP contribution in [-0.2, 0) is 5.60 Å². The van der Waals surface area contributed by atoms with Gasteiger partial charge in [0.2, 0.25) is 0 Å². The number of aliphatic hydroxyl groups is 1. The van der Waals surface area contributed by atoms with Crippen molar-refractivity contribution in [3.63, 3.8) is 0 Å². The van der Waals surface area contributed by atoms with E-state index in [-0.39, 0.29) is 0 Å². The summed E-state index contributed by atoms with van der Waals surface area (Å²) in [4.78, 5) is 4.14. The van der Waals surface area contributed by atoms with E-state index in [1.807, 2.05) is 30.3 Å². The van der Waals surface area contributed by atoms with E-state index in [0.717, 1.165) is 24.0 Å². The van der Waals surface area contributed by atoms with Crippen LogP contribution in [0.5, 0.6) is 0 Å². The van der Waals surface area contributed by atoms with Crippen molar-refractivity contribution in [3.8, 4) is 0 Å². The van der Waals surface area contributed by atoms with Crippen molar-refractivity contribution in [3.05, 3.63) is 65.5 Å². The second kappa shape index (κ2) is 4.21. The van der Waals surface area contributed by atoms with Gasteiger partial charge in [-0.2, -0.15) is 0 Å². The topological polar surface area (TPSA) is 33.1 Å². The van der Waals surface area contributed by atoms with Crippen molar-refractivity contribution in [1.82, 2.24) is 4.98 Å². The van der Waals surface area contributed by atoms with E-state index in [0.29, 0.717) is 5.92 Å². The summed E-state index contributed by atoms with van der Waals surface area (Å²) in [7, 11) is 0. The summed E-state index contributed by atoms with van der Waals surface area (Å²) in [5.41, 5.74) is 2.31. The normalized spacial score (nSPS) is 26.7. The van der Waals surface area contributed by atoms with E-state index >= 15 is 0 Å². The Hall–Kier alpha value is -1.67. The van der Waals surface area contributed by atoms with Crippen LogP contribution < -0.4 is 0 Å². The SMILES string of the molecule is CC1CCC(O)(c2cccnc2)c2ccccc21. The highest BCUT2D eigenvalue weighted by Gasteiger charge is 2.38. The van der Waals surface area contributed by atoms with Gasteiger partial charge < -0.3 is 5.11 Å². The van der Waals surface area contributed by atoms with Crippen molar-refractivity contribution in [1.29, 1.82) is 0 Å². The number of benzene rings is 1. The molecule has 18 heavy (non-hydrogen) atoms. The molecule has 1 aliphatic rings. The van der Waals surface area contributed by atoms with Crippen molar-refractivity contribution in [2.24, 2.45) is 0 Å². The van der Waals surface area contributed by atoms with Crippen molar-refractivity contribution in [2.45, 2.75) is 31.3 Å². The number of rotatable bonds is 1. The zero-order valence-electron chi connectivity index (χ0n) is 10.5. The summed E-state index contributed by atoms with van der Waals surface area (Å²) in [5, 5.41) is 11.1. The maximum absolute atomic E-state index is 11.1. The zero-order valence-corrected chi connectivity index (χ0v) is 10.5. The minimum Gasteiger partial charge on any atom is -0.380 e. The molecule has 2 heteroatoms. The van der Waals surface area contributed by atoms with Gasteiger partial charge in [-0.25, -0.2) is 0 Å². The molecule has 3 rings (SSSR count). The maximum Gasteiger partial charge on any atom is 0.116 e. The molecule has 0 saturated heterocycles. The van der Waals surface area contributed by atoms with Crippen LogP contribution in [0.1, 0.15) is 42.4 Å². The fraction of sp³-hybridized carbons (Fsp3) is 0.312. The first kappa shape index (κ1) is 11.4. The summed E-state index contributed by atoms with van der Waals surface area (Å²) in [6.07, 6.45) is 5.27. The lowest BCUT2D eigenvalue weighted by atomic mass is 9.72. The molecule has 2 atom stereocenters. The lowest BCUT2D eigenvalue weighted by molar-refractivity contribution is 0.0576. The van der Waals surface area contributed by atoms with E-state index < -0.39 is 5.60 Å². The van der Waals surface area contributed by atoms with Crippen molar-refractivity contribution < 1.29 is 5.11 Å². The Bertz CT molecular complexity index is 552. The standard InChI is InChI=1S/C16H17NO/c1-12-8-9-16(18,13-5-4-10-17-11-13)15-7-3-2-6-14(12)15/h2-7,10-12,18H,8-9H2,1H3. The molecule has 1 aliphatic carbocycles. The van der Waals surface area contributed by atoms with Crippen LogP contribution in [0.3, 0.4) is 0 Å². The predicted octanol–water partition coefficient (Wildman–Crippen LogP) is 3.21. The molecule has 92 valence electrons. The summed E-state index contributed by atoms with van der Waals surface area (Å²) in [6.45, 7) is 2.22. The first-order valence-electron chi connectivity index (χ1n) is 6.44. The fourth-order valence-electron chi connectivity index (χ4n) is 2.93. The number of aromatic nitrogens is 1. The van der Waals surface area contributed by atoms with Gasteiger partial charge in [0.15, 0.2) is 0 Å². The second-order valence-electron chi connectivity index (χ2n) is 5.13. The zero-order chi connectivity index (χ0) is 12.6. The number of hydrogen-bond acceptors (Lipinski definition) is 2. The van der Waals surface area contributed by atoms with E-state index in [4.69, 9.17) is 0 Å². The van der Waals surface area contributed by atoms with Crippen LogP contribution in [0.2, 0.25) is 0 Å². The van der Waals surface area contributed by atoms with Crippen molar-refractivity contribution in [2.75, 3.05) is 0 Å². The van der Waals surface area contributed by atoms with Crippen LogP contribution in [0.4, 0.5) is 0 Å². The molecule has 1 N–H and O–H groups in total. The molecule has 2 aromatic rings. The Kier molecular flexibility index (Phi) is 2.67. The molecule has 2 nitrogen and oxygen atoms in total. The Morgan fingerprint density at radius 1 is 1.22 bits per heavy atom. The van der Waals surface area contributed by atoms with Gasteiger partial charge in [-0.05, 0) is 36.0 Å². The Balaban J connectivity index is 2.17. The van der Waals surface area contributed by atoms with Crippen LogP contribution in [-0.4, -0.2) is 10.1 Å². The van der Waals surface area contributed by atoms with Gasteiger partial charge in [-0.1, -0.05) is 37.3 Å². The molecular formula is C16H17NO. The number of nitrogens with zero attached hydrogens (tertiary/aromatic N) is 1. The summed E-state index contributed by atoms with van der Waals surface area (Å²) in [6, 6.07) is 12.1. The molecule has 0 fully saturated rings. The molecule has 0 bridgehead atoms. The first-order valence-corrected chi connectivity index (χ1v) is 6.44. The number of hydrogen-bond donors (Lipinski definition) is 1. The van der Waals surface area contributed by atoms with E-state index in [9.17, 15) is 5.11 Å². The molecule has 1 aromatic carbocycles. The third-order valence-corrected chi connectivity index (χ3v) is 4.02. The smallest absolute Gasteiger partial charge is 0.116 e. The Labute approximate surface area is 107 Å². The summed E-state index contributed by atoms with van der Waals surface area (Å²) < 4.78 is 0. The molecular weight excluding hydrogens is 222 g/mol. The molecule has 0 amide bonds. The predicted molar refractivity (Wildman–Crippen MR) is 71.3 cm³/mol. The van der Waals surface area contributed by atoms with Gasteiger partial charge >= 0.3 is 0 Å². The van der Waals surface area contributed by atoms with Gasteiger partial charge in [0.1, 0.15) is 5.60 Å². The molecule has 0 spiro atoms. The third kappa shape index (κ3) is 1.65. The average molecular weight is 239 g/mol. The van der Waals surface area contributed by atoms with E-state index in [2.05, 4.69) is 18.0 Å². The second-order valence-corrected chi connectivity index (χ2v) is 5.13. The largest absolute Gasteiger partial charge is 0.380 e. The Morgan fingerprint density at radius 3 is 2.83 bits per heavy atom. The van der Waals surface area contributed by atoms with Crippen LogP contribution in [0.15, 0.2) is 48.8 Å².